The predicted molar refractivity (Wildman–Crippen MR) is 73.4 cm³/mol. The van der Waals surface area contributed by atoms with Gasteiger partial charge in [-0.15, -0.1) is 0 Å². The summed E-state index contributed by atoms with van der Waals surface area (Å²) in [6, 6.07) is 6.40. The van der Waals surface area contributed by atoms with Gasteiger partial charge in [0.1, 0.15) is 0 Å². The Labute approximate surface area is 108 Å². The lowest BCUT2D eigenvalue weighted by Crippen LogP contribution is -2.13. The van der Waals surface area contributed by atoms with Crippen molar-refractivity contribution >= 4 is 0 Å². The minimum absolute atomic E-state index is 0.693. The molecule has 0 aliphatic carbocycles. The van der Waals surface area contributed by atoms with Crippen molar-refractivity contribution in [1.82, 2.24) is 10.3 Å². The number of rotatable bonds is 5. The van der Waals surface area contributed by atoms with Crippen molar-refractivity contribution in [2.75, 3.05) is 6.54 Å². The fourth-order valence-corrected chi connectivity index (χ4v) is 2.01. The lowest BCUT2D eigenvalue weighted by Gasteiger charge is -2.01. The van der Waals surface area contributed by atoms with E-state index in [9.17, 15) is 0 Å². The number of nitrogens with zero attached hydrogens (tertiary/aromatic N) is 1. The zero-order chi connectivity index (χ0) is 13.0. The molecule has 0 aliphatic heterocycles. The molecule has 3 heteroatoms. The molecule has 0 bridgehead atoms. The van der Waals surface area contributed by atoms with Gasteiger partial charge in [0.05, 0.1) is 12.7 Å². The van der Waals surface area contributed by atoms with Crippen LogP contribution in [0, 0.1) is 13.8 Å². The van der Waals surface area contributed by atoms with Gasteiger partial charge in [-0.25, -0.2) is 4.98 Å². The van der Waals surface area contributed by atoms with Crippen molar-refractivity contribution in [1.29, 1.82) is 0 Å². The standard InChI is InChI=1S/C15H20N2O/c1-4-5-16-10-15-17-9-14(18-15)13-7-11(2)6-12(3)8-13/h6-9,16H,4-5,10H2,1-3H3. The molecule has 2 aromatic rings. The summed E-state index contributed by atoms with van der Waals surface area (Å²) < 4.78 is 5.75. The van der Waals surface area contributed by atoms with E-state index in [0.717, 1.165) is 30.2 Å². The molecule has 0 spiro atoms. The summed E-state index contributed by atoms with van der Waals surface area (Å²) in [4.78, 5) is 4.29. The summed E-state index contributed by atoms with van der Waals surface area (Å²) in [5.74, 6) is 1.59. The molecule has 0 amide bonds. The first-order valence-electron chi connectivity index (χ1n) is 6.43. The van der Waals surface area contributed by atoms with Crippen LogP contribution in [0.5, 0.6) is 0 Å². The molecule has 2 rings (SSSR count). The van der Waals surface area contributed by atoms with Crippen molar-refractivity contribution in [3.63, 3.8) is 0 Å². The molecular formula is C15H20N2O. The molecule has 0 saturated carbocycles. The zero-order valence-electron chi connectivity index (χ0n) is 11.3. The van der Waals surface area contributed by atoms with Crippen LogP contribution in [0.25, 0.3) is 11.3 Å². The van der Waals surface area contributed by atoms with Crippen molar-refractivity contribution in [2.45, 2.75) is 33.7 Å². The summed E-state index contributed by atoms with van der Waals surface area (Å²) in [6.07, 6.45) is 2.92. The summed E-state index contributed by atoms with van der Waals surface area (Å²) in [5, 5.41) is 3.28. The molecule has 1 aromatic heterocycles. The maximum Gasteiger partial charge on any atom is 0.208 e. The Hall–Kier alpha value is -1.61. The first-order chi connectivity index (χ1) is 8.69. The van der Waals surface area contributed by atoms with Crippen LogP contribution in [-0.2, 0) is 6.54 Å². The quantitative estimate of drug-likeness (QED) is 0.818. The van der Waals surface area contributed by atoms with Crippen LogP contribution in [0.1, 0.15) is 30.4 Å². The van der Waals surface area contributed by atoms with Gasteiger partial charge in [-0.05, 0) is 38.9 Å². The van der Waals surface area contributed by atoms with Gasteiger partial charge >= 0.3 is 0 Å². The third-order valence-electron chi connectivity index (χ3n) is 2.76. The zero-order valence-corrected chi connectivity index (χ0v) is 11.3. The van der Waals surface area contributed by atoms with Crippen LogP contribution in [0.2, 0.25) is 0 Å². The average molecular weight is 244 g/mol. The first kappa shape index (κ1) is 12.8. The molecule has 96 valence electrons. The fraction of sp³-hybridized carbons (Fsp3) is 0.400. The maximum atomic E-state index is 5.75. The SMILES string of the molecule is CCCNCc1ncc(-c2cc(C)cc(C)c2)o1. The Morgan fingerprint density at radius 2 is 1.89 bits per heavy atom. The molecule has 0 unspecified atom stereocenters. The van der Waals surface area contributed by atoms with E-state index < -0.39 is 0 Å². The normalized spacial score (nSPS) is 10.8. The number of nitrogens with one attached hydrogen (secondary N) is 1. The van der Waals surface area contributed by atoms with Gasteiger partial charge in [0.2, 0.25) is 5.89 Å². The molecule has 0 fully saturated rings. The molecule has 3 nitrogen and oxygen atoms in total. The summed E-state index contributed by atoms with van der Waals surface area (Å²) >= 11 is 0. The lowest BCUT2D eigenvalue weighted by molar-refractivity contribution is 0.478. The summed E-state index contributed by atoms with van der Waals surface area (Å²) in [5.41, 5.74) is 3.58. The van der Waals surface area contributed by atoms with Gasteiger partial charge in [-0.2, -0.15) is 0 Å². The van der Waals surface area contributed by atoms with Gasteiger partial charge < -0.3 is 9.73 Å². The van der Waals surface area contributed by atoms with Crippen LogP contribution in [-0.4, -0.2) is 11.5 Å². The maximum absolute atomic E-state index is 5.75. The smallest absolute Gasteiger partial charge is 0.208 e. The van der Waals surface area contributed by atoms with Crippen LogP contribution in [0.3, 0.4) is 0 Å². The molecule has 0 aliphatic rings. The van der Waals surface area contributed by atoms with Crippen LogP contribution in [0.4, 0.5) is 0 Å². The van der Waals surface area contributed by atoms with Crippen LogP contribution < -0.4 is 5.32 Å². The van der Waals surface area contributed by atoms with Crippen molar-refractivity contribution in [3.8, 4) is 11.3 Å². The molecule has 1 aromatic carbocycles. The first-order valence-corrected chi connectivity index (χ1v) is 6.43. The van der Waals surface area contributed by atoms with Gasteiger partial charge in [-0.1, -0.05) is 24.1 Å². The van der Waals surface area contributed by atoms with Crippen molar-refractivity contribution < 1.29 is 4.42 Å². The van der Waals surface area contributed by atoms with E-state index in [1.165, 1.54) is 11.1 Å². The second-order valence-corrected chi connectivity index (χ2v) is 4.67. The van der Waals surface area contributed by atoms with E-state index >= 15 is 0 Å². The highest BCUT2D eigenvalue weighted by molar-refractivity contribution is 5.58. The minimum Gasteiger partial charge on any atom is -0.439 e. The minimum atomic E-state index is 0.693. The Bertz CT molecular complexity index is 497. The summed E-state index contributed by atoms with van der Waals surface area (Å²) in [6.45, 7) is 8.01. The van der Waals surface area contributed by atoms with E-state index in [1.54, 1.807) is 6.20 Å². The third kappa shape index (κ3) is 3.20. The number of aromatic nitrogens is 1. The average Bonchev–Trinajstić information content (AvgIpc) is 2.77. The van der Waals surface area contributed by atoms with Crippen molar-refractivity contribution in [3.05, 3.63) is 41.4 Å². The molecule has 0 saturated heterocycles. The van der Waals surface area contributed by atoms with Gasteiger partial charge in [0.25, 0.3) is 0 Å². The number of oxazole rings is 1. The third-order valence-corrected chi connectivity index (χ3v) is 2.76. The highest BCUT2D eigenvalue weighted by Gasteiger charge is 2.06. The van der Waals surface area contributed by atoms with Gasteiger partial charge in [0, 0.05) is 5.56 Å². The van der Waals surface area contributed by atoms with E-state index in [4.69, 9.17) is 4.42 Å². The Kier molecular flexibility index (Phi) is 4.15. The second kappa shape index (κ2) is 5.83. The van der Waals surface area contributed by atoms with Crippen LogP contribution in [0.15, 0.2) is 28.8 Å². The van der Waals surface area contributed by atoms with E-state index in [2.05, 4.69) is 49.3 Å². The molecule has 0 radical (unpaired) electrons. The molecule has 18 heavy (non-hydrogen) atoms. The molecular weight excluding hydrogens is 224 g/mol. The van der Waals surface area contributed by atoms with Gasteiger partial charge in [0.15, 0.2) is 5.76 Å². The van der Waals surface area contributed by atoms with E-state index in [-0.39, 0.29) is 0 Å². The van der Waals surface area contributed by atoms with Crippen molar-refractivity contribution in [2.24, 2.45) is 0 Å². The fourth-order valence-electron chi connectivity index (χ4n) is 2.01. The number of benzene rings is 1. The highest BCUT2D eigenvalue weighted by atomic mass is 16.4. The number of aryl methyl sites for hydroxylation is 2. The molecule has 1 N–H and O–H groups in total. The Morgan fingerprint density at radius 1 is 1.17 bits per heavy atom. The largest absolute Gasteiger partial charge is 0.439 e. The summed E-state index contributed by atoms with van der Waals surface area (Å²) in [7, 11) is 0. The predicted octanol–water partition coefficient (Wildman–Crippen LogP) is 3.46. The van der Waals surface area contributed by atoms with Gasteiger partial charge in [-0.3, -0.25) is 0 Å². The lowest BCUT2D eigenvalue weighted by atomic mass is 10.1. The number of hydrogen-bond donors (Lipinski definition) is 1. The Morgan fingerprint density at radius 3 is 2.56 bits per heavy atom. The van der Waals surface area contributed by atoms with E-state index in [1.807, 2.05) is 0 Å². The molecule has 0 atom stereocenters. The highest BCUT2D eigenvalue weighted by Crippen LogP contribution is 2.22. The Balaban J connectivity index is 2.13. The monoisotopic (exact) mass is 244 g/mol. The van der Waals surface area contributed by atoms with Crippen LogP contribution >= 0.6 is 0 Å². The number of hydrogen-bond acceptors (Lipinski definition) is 3. The molecule has 1 heterocycles. The van der Waals surface area contributed by atoms with E-state index in [0.29, 0.717) is 6.54 Å². The second-order valence-electron chi connectivity index (χ2n) is 4.67. The topological polar surface area (TPSA) is 38.1 Å².